The van der Waals surface area contributed by atoms with Crippen LogP contribution < -0.4 is 14.9 Å². The highest BCUT2D eigenvalue weighted by Gasteiger charge is 2.11. The van der Waals surface area contributed by atoms with E-state index in [0.717, 1.165) is 17.1 Å². The summed E-state index contributed by atoms with van der Waals surface area (Å²) in [7, 11) is 1.28. The van der Waals surface area contributed by atoms with Gasteiger partial charge in [0.05, 0.1) is 12.8 Å². The van der Waals surface area contributed by atoms with Crippen LogP contribution in [0.1, 0.15) is 12.5 Å². The predicted molar refractivity (Wildman–Crippen MR) is 70.2 cm³/mol. The molecule has 0 spiro atoms. The minimum absolute atomic E-state index is 0.256. The van der Waals surface area contributed by atoms with Crippen molar-refractivity contribution in [3.05, 3.63) is 29.8 Å². The fourth-order valence-corrected chi connectivity index (χ4v) is 1.45. The molecule has 0 saturated carbocycles. The monoisotopic (exact) mass is 262 g/mol. The summed E-state index contributed by atoms with van der Waals surface area (Å²) in [6, 6.07) is 5.63. The maximum absolute atomic E-state index is 10.8. The zero-order valence-corrected chi connectivity index (χ0v) is 10.7. The van der Waals surface area contributed by atoms with Gasteiger partial charge in [0.25, 0.3) is 0 Å². The molecule has 1 N–H and O–H groups in total. The lowest BCUT2D eigenvalue weighted by Crippen LogP contribution is -2.17. The summed E-state index contributed by atoms with van der Waals surface area (Å²) in [5, 5.41) is 3.83. The molecule has 1 aliphatic rings. The van der Waals surface area contributed by atoms with E-state index in [-0.39, 0.29) is 6.79 Å². The number of carbonyl (C=O) groups excluding carboxylic acids is 1. The molecule has 0 aromatic heterocycles. The van der Waals surface area contributed by atoms with Gasteiger partial charge in [-0.2, -0.15) is 5.10 Å². The Balaban J connectivity index is 2.00. The van der Waals surface area contributed by atoms with Crippen molar-refractivity contribution in [3.8, 4) is 11.5 Å². The second kappa shape index (κ2) is 5.90. The number of hydrogen-bond donors (Lipinski definition) is 1. The Bertz CT molecular complexity index is 537. The molecule has 0 radical (unpaired) electrons. The molecule has 1 aliphatic heterocycles. The minimum atomic E-state index is -0.601. The van der Waals surface area contributed by atoms with Crippen LogP contribution in [0.4, 0.5) is 4.79 Å². The maximum Gasteiger partial charge on any atom is 0.427 e. The summed E-state index contributed by atoms with van der Waals surface area (Å²) < 4.78 is 14.9. The number of ether oxygens (including phenoxy) is 3. The molecule has 6 nitrogen and oxygen atoms in total. The van der Waals surface area contributed by atoms with Gasteiger partial charge in [-0.3, -0.25) is 0 Å². The summed E-state index contributed by atoms with van der Waals surface area (Å²) in [4.78, 5) is 10.8. The van der Waals surface area contributed by atoms with Crippen LogP contribution >= 0.6 is 0 Å². The van der Waals surface area contributed by atoms with E-state index in [1.165, 1.54) is 7.11 Å². The van der Waals surface area contributed by atoms with E-state index in [2.05, 4.69) is 15.3 Å². The molecule has 0 unspecified atom stereocenters. The lowest BCUT2D eigenvalue weighted by molar-refractivity contribution is 0.171. The van der Waals surface area contributed by atoms with Crippen LogP contribution in [0.3, 0.4) is 0 Å². The van der Waals surface area contributed by atoms with E-state index in [4.69, 9.17) is 9.47 Å². The molecule has 1 aromatic rings. The van der Waals surface area contributed by atoms with Crippen molar-refractivity contribution in [1.29, 1.82) is 0 Å². The number of hydrazone groups is 1. The summed E-state index contributed by atoms with van der Waals surface area (Å²) in [5.41, 5.74) is 3.84. The van der Waals surface area contributed by atoms with Crippen molar-refractivity contribution >= 4 is 17.9 Å². The highest BCUT2D eigenvalue weighted by atomic mass is 16.7. The van der Waals surface area contributed by atoms with Gasteiger partial charge in [0, 0.05) is 0 Å². The molecule has 1 heterocycles. The van der Waals surface area contributed by atoms with E-state index in [1.807, 2.05) is 24.3 Å². The van der Waals surface area contributed by atoms with Gasteiger partial charge in [-0.05, 0) is 30.7 Å². The third-order valence-corrected chi connectivity index (χ3v) is 2.42. The van der Waals surface area contributed by atoms with Crippen molar-refractivity contribution in [3.63, 3.8) is 0 Å². The molecular formula is C13H14N2O4. The van der Waals surface area contributed by atoms with Crippen LogP contribution in [0.2, 0.25) is 0 Å². The maximum atomic E-state index is 10.8. The molecule has 6 heteroatoms. The Morgan fingerprint density at radius 1 is 1.42 bits per heavy atom. The van der Waals surface area contributed by atoms with Gasteiger partial charge in [-0.1, -0.05) is 12.1 Å². The van der Waals surface area contributed by atoms with E-state index in [1.54, 1.807) is 13.0 Å². The van der Waals surface area contributed by atoms with Gasteiger partial charge >= 0.3 is 6.09 Å². The zero-order valence-electron chi connectivity index (χ0n) is 10.7. The van der Waals surface area contributed by atoms with Crippen molar-refractivity contribution in [2.45, 2.75) is 6.92 Å². The lowest BCUT2D eigenvalue weighted by Gasteiger charge is -1.98. The summed E-state index contributed by atoms with van der Waals surface area (Å²) >= 11 is 0. The van der Waals surface area contributed by atoms with Crippen LogP contribution in [0.15, 0.2) is 29.4 Å². The first-order chi connectivity index (χ1) is 9.19. The average Bonchev–Trinajstić information content (AvgIpc) is 2.89. The standard InChI is InChI=1S/C13H14N2O4/c1-9(14-15-13(16)17-2)3-4-10-5-6-11-12(7-10)19-8-18-11/h3-7H,8H2,1-2H3,(H,15,16)/b4-3-,14-9-. The van der Waals surface area contributed by atoms with Crippen LogP contribution in [0.5, 0.6) is 11.5 Å². The quantitative estimate of drug-likeness (QED) is 0.669. The normalized spacial score (nSPS) is 13.7. The molecular weight excluding hydrogens is 248 g/mol. The first-order valence-electron chi connectivity index (χ1n) is 5.65. The number of benzene rings is 1. The molecule has 0 atom stereocenters. The summed E-state index contributed by atoms with van der Waals surface area (Å²) in [5.74, 6) is 1.47. The average molecular weight is 262 g/mol. The van der Waals surface area contributed by atoms with E-state index in [9.17, 15) is 4.79 Å². The Kier molecular flexibility index (Phi) is 4.02. The number of nitrogens with zero attached hydrogens (tertiary/aromatic N) is 1. The molecule has 0 fully saturated rings. The number of rotatable bonds is 3. The Hall–Kier alpha value is -2.50. The van der Waals surface area contributed by atoms with Gasteiger partial charge < -0.3 is 14.2 Å². The third kappa shape index (κ3) is 3.48. The summed E-state index contributed by atoms with van der Waals surface area (Å²) in [6.45, 7) is 2.02. The zero-order chi connectivity index (χ0) is 13.7. The first-order valence-corrected chi connectivity index (χ1v) is 5.65. The molecule has 0 bridgehead atoms. The van der Waals surface area contributed by atoms with Gasteiger partial charge in [0.15, 0.2) is 11.5 Å². The van der Waals surface area contributed by atoms with E-state index >= 15 is 0 Å². The number of carbonyl (C=O) groups is 1. The highest BCUT2D eigenvalue weighted by molar-refractivity contribution is 5.96. The van der Waals surface area contributed by atoms with Crippen LogP contribution in [-0.2, 0) is 4.74 Å². The van der Waals surface area contributed by atoms with Gasteiger partial charge in [-0.25, -0.2) is 10.2 Å². The van der Waals surface area contributed by atoms with Crippen LogP contribution in [0.25, 0.3) is 6.08 Å². The van der Waals surface area contributed by atoms with Gasteiger partial charge in [0.2, 0.25) is 6.79 Å². The minimum Gasteiger partial charge on any atom is -0.454 e. The fourth-order valence-electron chi connectivity index (χ4n) is 1.45. The number of nitrogens with one attached hydrogen (secondary N) is 1. The van der Waals surface area contributed by atoms with Gasteiger partial charge in [-0.15, -0.1) is 0 Å². The van der Waals surface area contributed by atoms with Gasteiger partial charge in [0.1, 0.15) is 0 Å². The number of amides is 1. The smallest absolute Gasteiger partial charge is 0.427 e. The number of hydrogen-bond acceptors (Lipinski definition) is 5. The SMILES string of the molecule is COC(=O)N/N=C(C)\C=C/c1ccc2c(c1)OCO2. The fraction of sp³-hybridized carbons (Fsp3) is 0.231. The number of fused-ring (bicyclic) bond motifs is 1. The van der Waals surface area contributed by atoms with Crippen LogP contribution in [0, 0.1) is 0 Å². The molecule has 100 valence electrons. The summed E-state index contributed by atoms with van der Waals surface area (Å²) in [6.07, 6.45) is 3.03. The van der Waals surface area contributed by atoms with Crippen LogP contribution in [-0.4, -0.2) is 25.7 Å². The highest BCUT2D eigenvalue weighted by Crippen LogP contribution is 2.32. The molecule has 1 aromatic carbocycles. The lowest BCUT2D eigenvalue weighted by atomic mass is 10.2. The Morgan fingerprint density at radius 2 is 2.21 bits per heavy atom. The first kappa shape index (κ1) is 12.9. The topological polar surface area (TPSA) is 69.2 Å². The second-order valence-corrected chi connectivity index (χ2v) is 3.80. The van der Waals surface area contributed by atoms with Crippen molar-refractivity contribution in [2.24, 2.45) is 5.10 Å². The largest absolute Gasteiger partial charge is 0.454 e. The second-order valence-electron chi connectivity index (χ2n) is 3.80. The molecule has 2 rings (SSSR count). The number of methoxy groups -OCH3 is 1. The van der Waals surface area contributed by atoms with E-state index in [0.29, 0.717) is 5.71 Å². The predicted octanol–water partition coefficient (Wildman–Crippen LogP) is 2.16. The molecule has 0 aliphatic carbocycles. The molecule has 19 heavy (non-hydrogen) atoms. The van der Waals surface area contributed by atoms with Crippen molar-refractivity contribution in [1.82, 2.24) is 5.43 Å². The Morgan fingerprint density at radius 3 is 3.00 bits per heavy atom. The Labute approximate surface area is 110 Å². The van der Waals surface area contributed by atoms with Crippen molar-refractivity contribution in [2.75, 3.05) is 13.9 Å². The van der Waals surface area contributed by atoms with Crippen molar-refractivity contribution < 1.29 is 19.0 Å². The molecule has 1 amide bonds. The molecule has 0 saturated heterocycles. The van der Waals surface area contributed by atoms with E-state index < -0.39 is 6.09 Å². The third-order valence-electron chi connectivity index (χ3n) is 2.42. The number of allylic oxidation sites excluding steroid dienone is 1.